The molecule has 0 amide bonds. The van der Waals surface area contributed by atoms with E-state index in [-0.39, 0.29) is 6.04 Å². The number of nitrogens with two attached hydrogens (primary N) is 1. The molecule has 0 radical (unpaired) electrons. The summed E-state index contributed by atoms with van der Waals surface area (Å²) in [6.07, 6.45) is 4.42. The molecule has 2 unspecified atom stereocenters. The Bertz CT molecular complexity index is 300. The van der Waals surface area contributed by atoms with Crippen LogP contribution in [0.3, 0.4) is 0 Å². The van der Waals surface area contributed by atoms with E-state index in [1.165, 1.54) is 29.3 Å². The second-order valence-corrected chi connectivity index (χ2v) is 5.03. The second kappa shape index (κ2) is 6.93. The summed E-state index contributed by atoms with van der Waals surface area (Å²) in [7, 11) is 0. The monoisotopic (exact) mass is 242 g/mol. The Kier molecular flexibility index (Phi) is 5.87. The first-order chi connectivity index (χ1) is 7.74. The van der Waals surface area contributed by atoms with E-state index < -0.39 is 0 Å². The zero-order valence-corrected chi connectivity index (χ0v) is 11.2. The lowest BCUT2D eigenvalue weighted by molar-refractivity contribution is 0.370. The highest BCUT2D eigenvalue weighted by Crippen LogP contribution is 2.29. The van der Waals surface area contributed by atoms with Crippen molar-refractivity contribution in [2.24, 2.45) is 11.8 Å². The van der Waals surface area contributed by atoms with Crippen molar-refractivity contribution in [1.82, 2.24) is 15.0 Å². The fourth-order valence-corrected chi connectivity index (χ4v) is 2.87. The van der Waals surface area contributed by atoms with Crippen LogP contribution in [0.15, 0.2) is 0 Å². The molecule has 0 aliphatic rings. The summed E-state index contributed by atoms with van der Waals surface area (Å²) in [5.74, 6) is 6.18. The van der Waals surface area contributed by atoms with Crippen molar-refractivity contribution in [3.8, 4) is 0 Å². The molecule has 3 N–H and O–H groups in total. The molecule has 1 aromatic rings. The summed E-state index contributed by atoms with van der Waals surface area (Å²) in [6, 6.07) is 0.196. The number of aromatic nitrogens is 2. The van der Waals surface area contributed by atoms with Gasteiger partial charge in [0, 0.05) is 0 Å². The Morgan fingerprint density at radius 1 is 1.38 bits per heavy atom. The van der Waals surface area contributed by atoms with Gasteiger partial charge in [0.15, 0.2) is 0 Å². The Morgan fingerprint density at radius 2 is 2.12 bits per heavy atom. The van der Waals surface area contributed by atoms with Crippen molar-refractivity contribution in [2.75, 3.05) is 0 Å². The first-order valence-electron chi connectivity index (χ1n) is 6.01. The summed E-state index contributed by atoms with van der Waals surface area (Å²) < 4.78 is 4.05. The van der Waals surface area contributed by atoms with E-state index >= 15 is 0 Å². The Hall–Kier alpha value is -0.520. The number of hydrazine groups is 1. The fourth-order valence-electron chi connectivity index (χ4n) is 1.98. The van der Waals surface area contributed by atoms with Crippen molar-refractivity contribution in [3.63, 3.8) is 0 Å². The molecule has 4 nitrogen and oxygen atoms in total. The SMILES string of the molecule is CCCc1nnsc1C(NN)C(C)CCC. The zero-order chi connectivity index (χ0) is 12.0. The molecule has 0 aromatic carbocycles. The molecule has 1 heterocycles. The van der Waals surface area contributed by atoms with E-state index in [0.717, 1.165) is 18.5 Å². The molecule has 92 valence electrons. The number of rotatable bonds is 7. The highest BCUT2D eigenvalue weighted by molar-refractivity contribution is 7.05. The maximum Gasteiger partial charge on any atom is 0.0804 e. The molecule has 16 heavy (non-hydrogen) atoms. The highest BCUT2D eigenvalue weighted by Gasteiger charge is 2.22. The summed E-state index contributed by atoms with van der Waals surface area (Å²) >= 11 is 1.47. The van der Waals surface area contributed by atoms with E-state index in [9.17, 15) is 0 Å². The van der Waals surface area contributed by atoms with Crippen LogP contribution in [-0.4, -0.2) is 9.59 Å². The molecule has 0 saturated heterocycles. The van der Waals surface area contributed by atoms with Gasteiger partial charge in [-0.2, -0.15) is 0 Å². The minimum absolute atomic E-state index is 0.196. The lowest BCUT2D eigenvalue weighted by atomic mass is 9.95. The lowest BCUT2D eigenvalue weighted by Crippen LogP contribution is -2.32. The molecular weight excluding hydrogens is 220 g/mol. The van der Waals surface area contributed by atoms with Crippen LogP contribution >= 0.6 is 11.5 Å². The molecule has 0 bridgehead atoms. The zero-order valence-electron chi connectivity index (χ0n) is 10.4. The van der Waals surface area contributed by atoms with Crippen molar-refractivity contribution < 1.29 is 0 Å². The molecule has 0 fully saturated rings. The number of nitrogens with zero attached hydrogens (tertiary/aromatic N) is 2. The normalized spacial score (nSPS) is 15.0. The van der Waals surface area contributed by atoms with Crippen LogP contribution < -0.4 is 11.3 Å². The predicted octanol–water partition coefficient (Wildman–Crippen LogP) is 2.43. The third-order valence-electron chi connectivity index (χ3n) is 2.85. The van der Waals surface area contributed by atoms with Crippen LogP contribution in [-0.2, 0) is 6.42 Å². The average molecular weight is 242 g/mol. The molecule has 1 aromatic heterocycles. The second-order valence-electron chi connectivity index (χ2n) is 4.24. The number of hydrogen-bond acceptors (Lipinski definition) is 5. The molecule has 1 rings (SSSR count). The third-order valence-corrected chi connectivity index (χ3v) is 3.70. The number of hydrogen-bond donors (Lipinski definition) is 2. The van der Waals surface area contributed by atoms with Crippen molar-refractivity contribution in [2.45, 2.75) is 52.5 Å². The topological polar surface area (TPSA) is 63.8 Å². The van der Waals surface area contributed by atoms with Gasteiger partial charge in [-0.15, -0.1) is 5.10 Å². The van der Waals surface area contributed by atoms with Gasteiger partial charge in [-0.25, -0.2) is 0 Å². The van der Waals surface area contributed by atoms with Gasteiger partial charge < -0.3 is 0 Å². The smallest absolute Gasteiger partial charge is 0.0804 e. The van der Waals surface area contributed by atoms with Gasteiger partial charge in [-0.3, -0.25) is 11.3 Å². The molecule has 5 heteroatoms. The first-order valence-corrected chi connectivity index (χ1v) is 6.79. The molecular formula is C11H22N4S. The molecule has 0 spiro atoms. The van der Waals surface area contributed by atoms with Crippen LogP contribution in [0.5, 0.6) is 0 Å². The Morgan fingerprint density at radius 3 is 2.69 bits per heavy atom. The van der Waals surface area contributed by atoms with Gasteiger partial charge in [0.25, 0.3) is 0 Å². The van der Waals surface area contributed by atoms with Gasteiger partial charge in [0.1, 0.15) is 0 Å². The van der Waals surface area contributed by atoms with Gasteiger partial charge in [-0.1, -0.05) is 38.1 Å². The predicted molar refractivity (Wildman–Crippen MR) is 68.0 cm³/mol. The van der Waals surface area contributed by atoms with Crippen LogP contribution in [0, 0.1) is 5.92 Å². The van der Waals surface area contributed by atoms with Crippen LogP contribution in [0.1, 0.15) is 56.6 Å². The number of nitrogens with one attached hydrogen (secondary N) is 1. The van der Waals surface area contributed by atoms with Gasteiger partial charge in [0.05, 0.1) is 16.6 Å². The summed E-state index contributed by atoms with van der Waals surface area (Å²) in [6.45, 7) is 6.58. The van der Waals surface area contributed by atoms with E-state index in [2.05, 4.69) is 35.8 Å². The van der Waals surface area contributed by atoms with Gasteiger partial charge >= 0.3 is 0 Å². The van der Waals surface area contributed by atoms with Crippen molar-refractivity contribution >= 4 is 11.5 Å². The molecule has 0 aliphatic heterocycles. The van der Waals surface area contributed by atoms with Gasteiger partial charge in [0.2, 0.25) is 0 Å². The first kappa shape index (κ1) is 13.5. The van der Waals surface area contributed by atoms with Crippen LogP contribution in [0.2, 0.25) is 0 Å². The largest absolute Gasteiger partial charge is 0.271 e. The maximum absolute atomic E-state index is 5.66. The maximum atomic E-state index is 5.66. The summed E-state index contributed by atoms with van der Waals surface area (Å²) in [4.78, 5) is 1.21. The van der Waals surface area contributed by atoms with E-state index in [1.807, 2.05) is 0 Å². The average Bonchev–Trinajstić information content (AvgIpc) is 2.69. The minimum Gasteiger partial charge on any atom is -0.271 e. The van der Waals surface area contributed by atoms with E-state index in [1.54, 1.807) is 0 Å². The van der Waals surface area contributed by atoms with Crippen molar-refractivity contribution in [1.29, 1.82) is 0 Å². The van der Waals surface area contributed by atoms with Gasteiger partial charge in [-0.05, 0) is 30.3 Å². The van der Waals surface area contributed by atoms with Crippen LogP contribution in [0.25, 0.3) is 0 Å². The molecule has 0 saturated carbocycles. The minimum atomic E-state index is 0.196. The van der Waals surface area contributed by atoms with E-state index in [4.69, 9.17) is 5.84 Å². The summed E-state index contributed by atoms with van der Waals surface area (Å²) in [5, 5.41) is 4.19. The van der Waals surface area contributed by atoms with E-state index in [0.29, 0.717) is 5.92 Å². The summed E-state index contributed by atoms with van der Waals surface area (Å²) in [5.41, 5.74) is 4.03. The third kappa shape index (κ3) is 3.23. The van der Waals surface area contributed by atoms with Crippen LogP contribution in [0.4, 0.5) is 0 Å². The molecule has 0 aliphatic carbocycles. The standard InChI is InChI=1S/C11H22N4S/c1-4-6-8(3)10(13-12)11-9(7-5-2)14-15-16-11/h8,10,13H,4-7,12H2,1-3H3. The van der Waals surface area contributed by atoms with Crippen molar-refractivity contribution in [3.05, 3.63) is 10.6 Å². The Labute approximate surface area is 102 Å². The lowest BCUT2D eigenvalue weighted by Gasteiger charge is -2.21. The molecule has 2 atom stereocenters. The Balaban J connectivity index is 2.81. The quantitative estimate of drug-likeness (QED) is 0.569. The fraction of sp³-hybridized carbons (Fsp3) is 0.818. The highest BCUT2D eigenvalue weighted by atomic mass is 32.1. The number of aryl methyl sites for hydroxylation is 1.